The summed E-state index contributed by atoms with van der Waals surface area (Å²) in [5.41, 5.74) is 4.85. The SMILES string of the molecule is Cc1nn(-c2ccccc2)c(C)c1CNC(=O)N(C)Cc1ccccn1. The second-order valence-corrected chi connectivity index (χ2v) is 6.23. The van der Waals surface area contributed by atoms with Gasteiger partial charge in [-0.2, -0.15) is 5.10 Å². The van der Waals surface area contributed by atoms with E-state index in [1.807, 2.05) is 67.1 Å². The Labute approximate surface area is 153 Å². The van der Waals surface area contributed by atoms with Crippen molar-refractivity contribution in [1.29, 1.82) is 0 Å². The van der Waals surface area contributed by atoms with Gasteiger partial charge in [0.15, 0.2) is 0 Å². The third kappa shape index (κ3) is 3.91. The van der Waals surface area contributed by atoms with E-state index in [0.717, 1.165) is 28.3 Å². The second kappa shape index (κ2) is 7.82. The van der Waals surface area contributed by atoms with Crippen LogP contribution < -0.4 is 5.32 Å². The molecule has 0 fully saturated rings. The molecule has 0 bridgehead atoms. The van der Waals surface area contributed by atoms with Crippen molar-refractivity contribution in [3.05, 3.63) is 77.4 Å². The number of aromatic nitrogens is 3. The highest BCUT2D eigenvalue weighted by Gasteiger charge is 2.15. The number of nitrogens with one attached hydrogen (secondary N) is 1. The van der Waals surface area contributed by atoms with E-state index < -0.39 is 0 Å². The second-order valence-electron chi connectivity index (χ2n) is 6.23. The first-order valence-corrected chi connectivity index (χ1v) is 8.55. The highest BCUT2D eigenvalue weighted by Crippen LogP contribution is 2.17. The molecule has 0 aliphatic rings. The number of carbonyl (C=O) groups excluding carboxylic acids is 1. The highest BCUT2D eigenvalue weighted by molar-refractivity contribution is 5.73. The first-order valence-electron chi connectivity index (χ1n) is 8.55. The normalized spacial score (nSPS) is 10.6. The number of urea groups is 1. The summed E-state index contributed by atoms with van der Waals surface area (Å²) in [6, 6.07) is 15.5. The maximum absolute atomic E-state index is 12.4. The summed E-state index contributed by atoms with van der Waals surface area (Å²) in [6.07, 6.45) is 1.73. The molecule has 6 heteroatoms. The minimum atomic E-state index is -0.137. The van der Waals surface area contributed by atoms with Crippen molar-refractivity contribution in [3.63, 3.8) is 0 Å². The fourth-order valence-electron chi connectivity index (χ4n) is 2.86. The number of hydrogen-bond acceptors (Lipinski definition) is 3. The van der Waals surface area contributed by atoms with Crippen molar-refractivity contribution in [1.82, 2.24) is 25.0 Å². The van der Waals surface area contributed by atoms with E-state index in [4.69, 9.17) is 0 Å². The molecule has 2 amide bonds. The molecule has 6 nitrogen and oxygen atoms in total. The monoisotopic (exact) mass is 349 g/mol. The topological polar surface area (TPSA) is 63.1 Å². The van der Waals surface area contributed by atoms with Gasteiger partial charge >= 0.3 is 6.03 Å². The van der Waals surface area contributed by atoms with E-state index in [0.29, 0.717) is 13.1 Å². The number of nitrogens with zero attached hydrogens (tertiary/aromatic N) is 4. The minimum absolute atomic E-state index is 0.137. The van der Waals surface area contributed by atoms with Gasteiger partial charge < -0.3 is 10.2 Å². The van der Waals surface area contributed by atoms with Gasteiger partial charge in [-0.1, -0.05) is 24.3 Å². The molecule has 0 atom stereocenters. The summed E-state index contributed by atoms with van der Waals surface area (Å²) in [4.78, 5) is 18.2. The van der Waals surface area contributed by atoms with E-state index in [1.165, 1.54) is 0 Å². The molecular weight excluding hydrogens is 326 g/mol. The van der Waals surface area contributed by atoms with E-state index in [1.54, 1.807) is 18.1 Å². The molecular formula is C20H23N5O. The average molecular weight is 349 g/mol. The lowest BCUT2D eigenvalue weighted by Crippen LogP contribution is -2.36. The number of para-hydroxylation sites is 1. The van der Waals surface area contributed by atoms with Gasteiger partial charge in [0, 0.05) is 31.0 Å². The first-order chi connectivity index (χ1) is 12.6. The van der Waals surface area contributed by atoms with Gasteiger partial charge in [-0.25, -0.2) is 9.48 Å². The summed E-state index contributed by atoms with van der Waals surface area (Å²) < 4.78 is 1.91. The Kier molecular flexibility index (Phi) is 5.31. The van der Waals surface area contributed by atoms with E-state index in [9.17, 15) is 4.79 Å². The maximum atomic E-state index is 12.4. The van der Waals surface area contributed by atoms with Crippen molar-refractivity contribution in [3.8, 4) is 5.69 Å². The van der Waals surface area contributed by atoms with Crippen LogP contribution >= 0.6 is 0 Å². The van der Waals surface area contributed by atoms with Gasteiger partial charge in [0.1, 0.15) is 0 Å². The molecule has 134 valence electrons. The summed E-state index contributed by atoms with van der Waals surface area (Å²) in [5, 5.41) is 7.58. The third-order valence-corrected chi connectivity index (χ3v) is 4.33. The Morgan fingerprint density at radius 2 is 1.85 bits per heavy atom. The van der Waals surface area contributed by atoms with Gasteiger partial charge in [0.25, 0.3) is 0 Å². The van der Waals surface area contributed by atoms with Gasteiger partial charge in [-0.05, 0) is 38.1 Å². The fraction of sp³-hybridized carbons (Fsp3) is 0.250. The fourth-order valence-corrected chi connectivity index (χ4v) is 2.86. The molecule has 2 heterocycles. The van der Waals surface area contributed by atoms with E-state index in [2.05, 4.69) is 15.4 Å². The van der Waals surface area contributed by atoms with Crippen molar-refractivity contribution in [2.45, 2.75) is 26.9 Å². The Bertz CT molecular complexity index is 874. The molecule has 0 radical (unpaired) electrons. The van der Waals surface area contributed by atoms with Crippen LogP contribution in [0.2, 0.25) is 0 Å². The first kappa shape index (κ1) is 17.7. The summed E-state index contributed by atoms with van der Waals surface area (Å²) in [5.74, 6) is 0. The van der Waals surface area contributed by atoms with Crippen LogP contribution in [-0.4, -0.2) is 32.7 Å². The molecule has 0 unspecified atom stereocenters. The molecule has 1 N–H and O–H groups in total. The molecule has 0 spiro atoms. The van der Waals surface area contributed by atoms with Crippen molar-refractivity contribution >= 4 is 6.03 Å². The zero-order valence-electron chi connectivity index (χ0n) is 15.3. The van der Waals surface area contributed by atoms with Gasteiger partial charge in [0.2, 0.25) is 0 Å². The molecule has 0 aliphatic carbocycles. The zero-order chi connectivity index (χ0) is 18.5. The lowest BCUT2D eigenvalue weighted by molar-refractivity contribution is 0.206. The number of benzene rings is 1. The molecule has 1 aromatic carbocycles. The van der Waals surface area contributed by atoms with Crippen LogP contribution in [0, 0.1) is 13.8 Å². The summed E-state index contributed by atoms with van der Waals surface area (Å²) in [6.45, 7) is 4.89. The minimum Gasteiger partial charge on any atom is -0.334 e. The number of aryl methyl sites for hydroxylation is 1. The Balaban J connectivity index is 1.66. The predicted octanol–water partition coefficient (Wildman–Crippen LogP) is 3.23. The van der Waals surface area contributed by atoms with Gasteiger partial charge in [0.05, 0.1) is 23.6 Å². The number of carbonyl (C=O) groups is 1. The number of rotatable bonds is 5. The predicted molar refractivity (Wildman–Crippen MR) is 101 cm³/mol. The molecule has 26 heavy (non-hydrogen) atoms. The zero-order valence-corrected chi connectivity index (χ0v) is 15.3. The standard InChI is InChI=1S/C20H23N5O/c1-15-19(16(2)25(23-15)18-10-5-4-6-11-18)13-22-20(26)24(3)14-17-9-7-8-12-21-17/h4-12H,13-14H2,1-3H3,(H,22,26). The smallest absolute Gasteiger partial charge is 0.317 e. The van der Waals surface area contributed by atoms with Crippen LogP contribution in [0.3, 0.4) is 0 Å². The Morgan fingerprint density at radius 1 is 1.12 bits per heavy atom. The summed E-state index contributed by atoms with van der Waals surface area (Å²) >= 11 is 0. The van der Waals surface area contributed by atoms with E-state index >= 15 is 0 Å². The molecule has 0 aliphatic heterocycles. The number of amides is 2. The Hall–Kier alpha value is -3.15. The molecule has 2 aromatic heterocycles. The van der Waals surface area contributed by atoms with E-state index in [-0.39, 0.29) is 6.03 Å². The molecule has 3 rings (SSSR count). The van der Waals surface area contributed by atoms with Crippen LogP contribution in [0.4, 0.5) is 4.79 Å². The summed E-state index contributed by atoms with van der Waals surface area (Å²) in [7, 11) is 1.76. The molecule has 0 saturated heterocycles. The van der Waals surface area contributed by atoms with Crippen molar-refractivity contribution in [2.75, 3.05) is 7.05 Å². The van der Waals surface area contributed by atoms with Crippen LogP contribution in [0.5, 0.6) is 0 Å². The lowest BCUT2D eigenvalue weighted by Gasteiger charge is -2.17. The van der Waals surface area contributed by atoms with Gasteiger partial charge in [-0.3, -0.25) is 4.98 Å². The average Bonchev–Trinajstić information content (AvgIpc) is 2.95. The molecule has 0 saturated carbocycles. The number of pyridine rings is 1. The van der Waals surface area contributed by atoms with Crippen molar-refractivity contribution in [2.24, 2.45) is 0 Å². The quantitative estimate of drug-likeness (QED) is 0.769. The Morgan fingerprint density at radius 3 is 2.54 bits per heavy atom. The van der Waals surface area contributed by atoms with Crippen LogP contribution in [0.25, 0.3) is 5.69 Å². The van der Waals surface area contributed by atoms with Crippen LogP contribution in [0.1, 0.15) is 22.6 Å². The van der Waals surface area contributed by atoms with Gasteiger partial charge in [-0.15, -0.1) is 0 Å². The molecule has 3 aromatic rings. The number of hydrogen-bond donors (Lipinski definition) is 1. The van der Waals surface area contributed by atoms with Crippen LogP contribution in [-0.2, 0) is 13.1 Å². The van der Waals surface area contributed by atoms with Crippen LogP contribution in [0.15, 0.2) is 54.7 Å². The largest absolute Gasteiger partial charge is 0.334 e. The highest BCUT2D eigenvalue weighted by atomic mass is 16.2. The van der Waals surface area contributed by atoms with Crippen molar-refractivity contribution < 1.29 is 4.79 Å². The maximum Gasteiger partial charge on any atom is 0.317 e. The third-order valence-electron chi connectivity index (χ3n) is 4.33. The lowest BCUT2D eigenvalue weighted by atomic mass is 10.2.